The fraction of sp³-hybridized carbons (Fsp3) is 0.545. The lowest BCUT2D eigenvalue weighted by atomic mass is 9.88. The summed E-state index contributed by atoms with van der Waals surface area (Å²) in [5.41, 5.74) is 4.54. The summed E-state index contributed by atoms with van der Waals surface area (Å²) in [5.74, 6) is -1.41. The molecule has 0 amide bonds. The normalized spacial score (nSPS) is 12.7. The molecule has 11 nitrogen and oxygen atoms in total. The third kappa shape index (κ3) is 7.94. The second kappa shape index (κ2) is 12.0. The summed E-state index contributed by atoms with van der Waals surface area (Å²) >= 11 is 0. The molecule has 11 heteroatoms. The van der Waals surface area contributed by atoms with E-state index in [4.69, 9.17) is 24.7 Å². The first-order valence-corrected chi connectivity index (χ1v) is 10.1. The number of benzene rings is 1. The maximum atomic E-state index is 12.4. The molecule has 1 aromatic carbocycles. The highest BCUT2D eigenvalue weighted by Gasteiger charge is 2.37. The number of hydrogen-bond acceptors (Lipinski definition) is 11. The molecule has 0 aliphatic heterocycles. The van der Waals surface area contributed by atoms with Crippen molar-refractivity contribution in [1.82, 2.24) is 0 Å². The van der Waals surface area contributed by atoms with E-state index in [-0.39, 0.29) is 30.9 Å². The summed E-state index contributed by atoms with van der Waals surface area (Å²) in [7, 11) is 3.41. The monoisotopic (exact) mass is 469 g/mol. The molecule has 0 aliphatic carbocycles. The number of carbonyl (C=O) groups is 4. The van der Waals surface area contributed by atoms with Gasteiger partial charge in [-0.2, -0.15) is 0 Å². The van der Waals surface area contributed by atoms with Crippen LogP contribution in [0.2, 0.25) is 0 Å². The Kier molecular flexibility index (Phi) is 10.1. The molecule has 0 aliphatic rings. The molecule has 1 aromatic rings. The van der Waals surface area contributed by atoms with E-state index in [1.807, 2.05) is 6.92 Å². The van der Waals surface area contributed by atoms with E-state index < -0.39 is 35.2 Å². The number of ether oxygens (including phenoxy) is 6. The van der Waals surface area contributed by atoms with Crippen LogP contribution in [0.15, 0.2) is 18.2 Å². The predicted molar refractivity (Wildman–Crippen MR) is 115 cm³/mol. The highest BCUT2D eigenvalue weighted by atomic mass is 16.7. The average Bonchev–Trinajstić information content (AvgIpc) is 2.79. The van der Waals surface area contributed by atoms with Crippen LogP contribution in [0.25, 0.3) is 0 Å². The number of esters is 2. The Morgan fingerprint density at radius 1 is 0.879 bits per heavy atom. The molecule has 184 valence electrons. The average molecular weight is 469 g/mol. The Hall–Kier alpha value is -3.34. The summed E-state index contributed by atoms with van der Waals surface area (Å²) in [6.07, 6.45) is -1.60. The van der Waals surface area contributed by atoms with Crippen molar-refractivity contribution in [2.45, 2.75) is 45.6 Å². The molecule has 0 radical (unpaired) electrons. The van der Waals surface area contributed by atoms with Gasteiger partial charge in [-0.25, -0.2) is 9.59 Å². The molecule has 0 unspecified atom stereocenters. The molecule has 0 heterocycles. The van der Waals surface area contributed by atoms with Crippen molar-refractivity contribution in [1.29, 1.82) is 0 Å². The zero-order chi connectivity index (χ0) is 25.2. The number of methoxy groups -OCH3 is 3. The number of rotatable bonds is 10. The third-order valence-corrected chi connectivity index (χ3v) is 5.06. The van der Waals surface area contributed by atoms with Crippen LogP contribution in [0.3, 0.4) is 0 Å². The first-order valence-electron chi connectivity index (χ1n) is 10.1. The minimum atomic E-state index is -1.56. The van der Waals surface area contributed by atoms with Crippen LogP contribution in [0.1, 0.15) is 39.2 Å². The lowest BCUT2D eigenvalue weighted by molar-refractivity contribution is -0.157. The Balaban J connectivity index is 3.12. The zero-order valence-electron chi connectivity index (χ0n) is 19.7. The van der Waals surface area contributed by atoms with Crippen molar-refractivity contribution in [2.24, 2.45) is 11.1 Å². The molecule has 33 heavy (non-hydrogen) atoms. The molecule has 2 N–H and O–H groups in total. The lowest BCUT2D eigenvalue weighted by Crippen LogP contribution is -2.51. The second-order valence-electron chi connectivity index (χ2n) is 7.84. The molecule has 0 aromatic heterocycles. The van der Waals surface area contributed by atoms with E-state index in [0.717, 1.165) is 14.2 Å². The topological polar surface area (TPSA) is 150 Å². The van der Waals surface area contributed by atoms with Gasteiger partial charge in [0.15, 0.2) is 11.5 Å². The Morgan fingerprint density at radius 2 is 1.45 bits per heavy atom. The summed E-state index contributed by atoms with van der Waals surface area (Å²) < 4.78 is 29.0. The molecular formula is C22H31NO10. The SMILES string of the molecule is CCC(C)(C)C(=O)OCC[C@@](N)(Cc1ccc(OC(=O)OC)c(OC(=O)OC)c1)C(=O)OC. The Morgan fingerprint density at radius 3 is 1.97 bits per heavy atom. The number of carbonyl (C=O) groups excluding carboxylic acids is 4. The van der Waals surface area contributed by atoms with Gasteiger partial charge in [0.2, 0.25) is 0 Å². The quantitative estimate of drug-likeness (QED) is 0.306. The number of hydrogen-bond donors (Lipinski definition) is 1. The third-order valence-electron chi connectivity index (χ3n) is 5.06. The zero-order valence-corrected chi connectivity index (χ0v) is 19.7. The van der Waals surface area contributed by atoms with Crippen LogP contribution >= 0.6 is 0 Å². The molecule has 0 saturated heterocycles. The van der Waals surface area contributed by atoms with Crippen molar-refractivity contribution in [3.05, 3.63) is 23.8 Å². The van der Waals surface area contributed by atoms with Gasteiger partial charge in [-0.3, -0.25) is 9.59 Å². The largest absolute Gasteiger partial charge is 0.513 e. The van der Waals surface area contributed by atoms with Crippen LogP contribution in [-0.2, 0) is 35.0 Å². The maximum absolute atomic E-state index is 12.4. The van der Waals surface area contributed by atoms with Crippen LogP contribution < -0.4 is 15.2 Å². The van der Waals surface area contributed by atoms with Crippen LogP contribution in [0.5, 0.6) is 11.5 Å². The molecular weight excluding hydrogens is 438 g/mol. The van der Waals surface area contributed by atoms with Crippen molar-refractivity contribution in [2.75, 3.05) is 27.9 Å². The van der Waals surface area contributed by atoms with E-state index in [2.05, 4.69) is 9.47 Å². The summed E-state index contributed by atoms with van der Waals surface area (Å²) in [4.78, 5) is 47.7. The van der Waals surface area contributed by atoms with E-state index in [1.165, 1.54) is 25.3 Å². The van der Waals surface area contributed by atoms with E-state index >= 15 is 0 Å². The van der Waals surface area contributed by atoms with Crippen molar-refractivity contribution < 1.29 is 47.6 Å². The molecule has 0 bridgehead atoms. The smallest absolute Gasteiger partial charge is 0.468 e. The van der Waals surface area contributed by atoms with Crippen LogP contribution in [0.4, 0.5) is 9.59 Å². The standard InChI is InChI=1S/C22H31NO10/c1-7-21(2,3)17(24)31-11-10-22(23,18(25)28-4)13-14-8-9-15(32-19(26)29-5)16(12-14)33-20(27)30-6/h8-9,12H,7,10-11,13,23H2,1-6H3/t22-/m1/s1. The van der Waals surface area contributed by atoms with E-state index in [0.29, 0.717) is 12.0 Å². The van der Waals surface area contributed by atoms with Crippen molar-refractivity contribution in [3.63, 3.8) is 0 Å². The highest BCUT2D eigenvalue weighted by Crippen LogP contribution is 2.31. The fourth-order valence-electron chi connectivity index (χ4n) is 2.59. The van der Waals surface area contributed by atoms with Gasteiger partial charge in [0, 0.05) is 12.8 Å². The van der Waals surface area contributed by atoms with Gasteiger partial charge in [0.05, 0.1) is 33.4 Å². The van der Waals surface area contributed by atoms with Gasteiger partial charge < -0.3 is 34.2 Å². The van der Waals surface area contributed by atoms with Crippen LogP contribution in [-0.4, -0.2) is 57.7 Å². The molecule has 0 fully saturated rings. The second-order valence-corrected chi connectivity index (χ2v) is 7.84. The lowest BCUT2D eigenvalue weighted by Gasteiger charge is -2.28. The first kappa shape index (κ1) is 27.7. The maximum Gasteiger partial charge on any atom is 0.513 e. The first-order chi connectivity index (χ1) is 15.4. The Bertz CT molecular complexity index is 867. The summed E-state index contributed by atoms with van der Waals surface area (Å²) in [6.45, 7) is 5.27. The summed E-state index contributed by atoms with van der Waals surface area (Å²) in [5, 5.41) is 0. The van der Waals surface area contributed by atoms with Crippen molar-refractivity contribution in [3.8, 4) is 11.5 Å². The summed E-state index contributed by atoms with van der Waals surface area (Å²) in [6, 6.07) is 4.21. The predicted octanol–water partition coefficient (Wildman–Crippen LogP) is 2.76. The van der Waals surface area contributed by atoms with Gasteiger partial charge in [0.1, 0.15) is 5.54 Å². The minimum Gasteiger partial charge on any atom is -0.468 e. The number of nitrogens with two attached hydrogens (primary N) is 1. The van der Waals surface area contributed by atoms with Crippen LogP contribution in [0, 0.1) is 5.41 Å². The van der Waals surface area contributed by atoms with E-state index in [9.17, 15) is 19.2 Å². The minimum absolute atomic E-state index is 0.0290. The fourth-order valence-corrected chi connectivity index (χ4v) is 2.59. The molecule has 0 saturated carbocycles. The highest BCUT2D eigenvalue weighted by molar-refractivity contribution is 5.81. The van der Waals surface area contributed by atoms with Gasteiger partial charge in [-0.05, 0) is 38.0 Å². The van der Waals surface area contributed by atoms with Gasteiger partial charge in [-0.1, -0.05) is 13.0 Å². The molecule has 1 rings (SSSR count). The van der Waals surface area contributed by atoms with Gasteiger partial charge in [-0.15, -0.1) is 0 Å². The Labute approximate surface area is 192 Å². The van der Waals surface area contributed by atoms with Gasteiger partial charge >= 0.3 is 24.2 Å². The molecule has 0 spiro atoms. The van der Waals surface area contributed by atoms with Crippen molar-refractivity contribution >= 4 is 24.2 Å². The van der Waals surface area contributed by atoms with Gasteiger partial charge in [0.25, 0.3) is 0 Å². The van der Waals surface area contributed by atoms with E-state index in [1.54, 1.807) is 13.8 Å². The molecule has 1 atom stereocenters.